The monoisotopic (exact) mass is 1050 g/mol. The molecule has 0 bridgehead atoms. The summed E-state index contributed by atoms with van der Waals surface area (Å²) in [5, 5.41) is 12.3. The largest absolute Gasteiger partial charge is 0.0654 e. The molecular formula is C70H82P4. The van der Waals surface area contributed by atoms with Gasteiger partial charge in [-0.2, -0.15) is 0 Å². The van der Waals surface area contributed by atoms with E-state index in [-0.39, 0.29) is 5.66 Å². The second kappa shape index (κ2) is 23.4. The molecule has 1 unspecified atom stereocenters. The van der Waals surface area contributed by atoms with Crippen LogP contribution in [-0.4, -0.2) is 10.3 Å². The van der Waals surface area contributed by atoms with Crippen LogP contribution in [0.15, 0.2) is 146 Å². The SMILES string of the molecule is CCCCC(P(c1cccc(C)c1C)c1cccc(C)c1C)C(P(c1cccc(C)c1C)c1cccc(C)c1C)(P(c1cccc(C)c1C)c1cccc(C)c1C)P(c1cccc(C)c1C)c1cccc(C)c1C. The number of rotatable bonds is 16. The van der Waals surface area contributed by atoms with Crippen LogP contribution in [0.4, 0.5) is 0 Å². The minimum Gasteiger partial charge on any atom is -0.0654 e. The zero-order chi connectivity index (χ0) is 53.3. The van der Waals surface area contributed by atoms with Gasteiger partial charge in [-0.1, -0.05) is 165 Å². The first-order valence-electron chi connectivity index (χ1n) is 27.1. The van der Waals surface area contributed by atoms with Crippen LogP contribution >= 0.6 is 31.7 Å². The normalized spacial score (nSPS) is 12.4. The summed E-state index contributed by atoms with van der Waals surface area (Å²) in [5.74, 6) is 0. The number of aryl methyl sites for hydroxylation is 8. The van der Waals surface area contributed by atoms with E-state index in [9.17, 15) is 0 Å². The van der Waals surface area contributed by atoms with Crippen molar-refractivity contribution >= 4 is 74.1 Å². The molecule has 8 aromatic rings. The lowest BCUT2D eigenvalue weighted by Crippen LogP contribution is -2.52. The fourth-order valence-corrected chi connectivity index (χ4v) is 31.7. The third-order valence-corrected chi connectivity index (χ3v) is 33.3. The minimum absolute atomic E-state index is 0.196. The molecule has 0 spiro atoms. The van der Waals surface area contributed by atoms with Gasteiger partial charge in [0.15, 0.2) is 0 Å². The van der Waals surface area contributed by atoms with Crippen molar-refractivity contribution in [3.8, 4) is 0 Å². The van der Waals surface area contributed by atoms with E-state index in [1.807, 2.05) is 0 Å². The first kappa shape index (κ1) is 55.7. The molecule has 1 atom stereocenters. The van der Waals surface area contributed by atoms with Crippen LogP contribution in [0.2, 0.25) is 0 Å². The van der Waals surface area contributed by atoms with E-state index in [0.717, 1.165) is 19.3 Å². The van der Waals surface area contributed by atoms with Crippen molar-refractivity contribution in [2.75, 3.05) is 0 Å². The van der Waals surface area contributed by atoms with Gasteiger partial charge in [0.25, 0.3) is 0 Å². The third-order valence-electron chi connectivity index (χ3n) is 17.1. The summed E-state index contributed by atoms with van der Waals surface area (Å²) in [6, 6.07) is 59.1. The van der Waals surface area contributed by atoms with Crippen LogP contribution in [0.25, 0.3) is 0 Å². The van der Waals surface area contributed by atoms with Crippen molar-refractivity contribution in [3.63, 3.8) is 0 Å². The van der Waals surface area contributed by atoms with Crippen LogP contribution in [0.5, 0.6) is 0 Å². The molecule has 8 rings (SSSR count). The molecule has 0 saturated carbocycles. The van der Waals surface area contributed by atoms with E-state index < -0.39 is 36.3 Å². The molecule has 4 heteroatoms. The molecule has 0 amide bonds. The highest BCUT2D eigenvalue weighted by Crippen LogP contribution is 2.84. The van der Waals surface area contributed by atoms with Crippen LogP contribution in [0, 0.1) is 111 Å². The molecular weight excluding hydrogens is 965 g/mol. The van der Waals surface area contributed by atoms with Crippen molar-refractivity contribution in [2.24, 2.45) is 0 Å². The predicted molar refractivity (Wildman–Crippen MR) is 338 cm³/mol. The van der Waals surface area contributed by atoms with Gasteiger partial charge in [0.05, 0.1) is 4.64 Å². The maximum absolute atomic E-state index is 2.61. The third kappa shape index (κ3) is 10.1. The van der Waals surface area contributed by atoms with E-state index >= 15 is 0 Å². The first-order valence-corrected chi connectivity index (χ1v) is 32.5. The van der Waals surface area contributed by atoms with E-state index in [2.05, 4.69) is 263 Å². The lowest BCUT2D eigenvalue weighted by Gasteiger charge is -2.60. The van der Waals surface area contributed by atoms with Crippen molar-refractivity contribution < 1.29 is 0 Å². The average molecular weight is 1050 g/mol. The molecule has 0 aromatic heterocycles. The van der Waals surface area contributed by atoms with E-state index in [4.69, 9.17) is 0 Å². The van der Waals surface area contributed by atoms with Crippen molar-refractivity contribution in [1.29, 1.82) is 0 Å². The summed E-state index contributed by atoms with van der Waals surface area (Å²) in [6.45, 7) is 41.2. The van der Waals surface area contributed by atoms with Gasteiger partial charge in [-0.05, 0) is 280 Å². The molecule has 0 aliphatic carbocycles. The topological polar surface area (TPSA) is 0 Å². The van der Waals surface area contributed by atoms with E-state index in [0.29, 0.717) is 0 Å². The molecule has 0 nitrogen and oxygen atoms in total. The van der Waals surface area contributed by atoms with Crippen molar-refractivity contribution in [3.05, 3.63) is 235 Å². The fraction of sp³-hybridized carbons (Fsp3) is 0.314. The summed E-state index contributed by atoms with van der Waals surface area (Å²) in [4.78, 5) is 0. The highest BCUT2D eigenvalue weighted by atomic mass is 31.2. The number of benzene rings is 8. The molecule has 0 N–H and O–H groups in total. The number of hydrogen-bond donors (Lipinski definition) is 0. The van der Waals surface area contributed by atoms with Crippen molar-refractivity contribution in [1.82, 2.24) is 0 Å². The van der Waals surface area contributed by atoms with Crippen LogP contribution < -0.4 is 42.4 Å². The lowest BCUT2D eigenvalue weighted by molar-refractivity contribution is 0.689. The molecule has 0 aliphatic rings. The quantitative estimate of drug-likeness (QED) is 0.0846. The minimum atomic E-state index is -1.26. The van der Waals surface area contributed by atoms with Crippen LogP contribution in [0.1, 0.15) is 115 Å². The van der Waals surface area contributed by atoms with Gasteiger partial charge in [0.2, 0.25) is 0 Å². The molecule has 382 valence electrons. The van der Waals surface area contributed by atoms with Gasteiger partial charge in [-0.25, -0.2) is 0 Å². The number of unbranched alkanes of at least 4 members (excludes halogenated alkanes) is 1. The Morgan fingerprint density at radius 2 is 0.473 bits per heavy atom. The highest BCUT2D eigenvalue weighted by Gasteiger charge is 2.62. The lowest BCUT2D eigenvalue weighted by atomic mass is 10.1. The van der Waals surface area contributed by atoms with Crippen molar-refractivity contribution in [2.45, 2.75) is 147 Å². The molecule has 74 heavy (non-hydrogen) atoms. The Balaban J connectivity index is 1.86. The summed E-state index contributed by atoms with van der Waals surface area (Å²) in [7, 11) is -4.87. The van der Waals surface area contributed by atoms with Gasteiger partial charge < -0.3 is 0 Å². The Morgan fingerprint density at radius 1 is 0.284 bits per heavy atom. The van der Waals surface area contributed by atoms with E-state index in [1.165, 1.54) is 89.0 Å². The standard InChI is InChI=1S/C70H82P4/c1-18-19-44-69(71(61-36-20-28-45(2)53(61)10)62-37-21-29-46(3)54(62)11)70(72(63-38-22-30-47(4)55(63)12)64-39-23-31-48(5)56(64)13,73(65-40-24-32-49(6)57(65)14)66-41-25-33-50(7)58(66)15)74(67-42-26-34-51(8)59(67)16)68-43-27-35-52(9)60(68)17/h20-43,69H,18-19,44H2,1-17H3. The van der Waals surface area contributed by atoms with Gasteiger partial charge in [-0.15, -0.1) is 0 Å². The molecule has 0 saturated heterocycles. The molecule has 0 aliphatic heterocycles. The van der Waals surface area contributed by atoms with Crippen LogP contribution in [0.3, 0.4) is 0 Å². The van der Waals surface area contributed by atoms with Gasteiger partial charge in [-0.3, -0.25) is 0 Å². The maximum atomic E-state index is 2.61. The first-order chi connectivity index (χ1) is 35.4. The highest BCUT2D eigenvalue weighted by molar-refractivity contribution is 8.06. The Kier molecular flexibility index (Phi) is 17.6. The number of hydrogen-bond acceptors (Lipinski definition) is 0. The second-order valence-electron chi connectivity index (χ2n) is 21.5. The smallest absolute Gasteiger partial charge is 0.0619 e. The zero-order valence-corrected chi connectivity index (χ0v) is 51.4. The fourth-order valence-electron chi connectivity index (χ4n) is 11.4. The predicted octanol–water partition coefficient (Wildman–Crippen LogP) is 16.7. The Hall–Kier alpha value is -4.52. The van der Waals surface area contributed by atoms with E-state index in [1.54, 1.807) is 42.4 Å². The maximum Gasteiger partial charge on any atom is 0.0619 e. The summed E-state index contributed by atoms with van der Waals surface area (Å²) < 4.78 is -0.432. The molecule has 8 aromatic carbocycles. The van der Waals surface area contributed by atoms with Crippen LogP contribution in [-0.2, 0) is 0 Å². The Labute approximate surface area is 453 Å². The molecule has 0 radical (unpaired) electrons. The molecule has 0 heterocycles. The Morgan fingerprint density at radius 3 is 0.676 bits per heavy atom. The van der Waals surface area contributed by atoms with Gasteiger partial charge in [0.1, 0.15) is 0 Å². The summed E-state index contributed by atoms with van der Waals surface area (Å²) in [6.07, 6.45) is 3.35. The Bertz CT molecular complexity index is 2880. The summed E-state index contributed by atoms with van der Waals surface area (Å²) >= 11 is 0. The molecule has 0 fully saturated rings. The second-order valence-corrected chi connectivity index (χ2v) is 31.9. The zero-order valence-electron chi connectivity index (χ0n) is 47.8. The summed E-state index contributed by atoms with van der Waals surface area (Å²) in [5.41, 5.74) is 22.7. The van der Waals surface area contributed by atoms with Gasteiger partial charge >= 0.3 is 0 Å². The average Bonchev–Trinajstić information content (AvgIpc) is 3.37. The van der Waals surface area contributed by atoms with Gasteiger partial charge in [0, 0.05) is 5.66 Å².